The first-order chi connectivity index (χ1) is 16.4. The van der Waals surface area contributed by atoms with Gasteiger partial charge in [-0.25, -0.2) is 0 Å². The molecule has 3 saturated heterocycles. The van der Waals surface area contributed by atoms with E-state index in [1.165, 1.54) is 4.90 Å². The molecule has 9 heteroatoms. The number of fused-ring (bicyclic) bond motifs is 1. The Hall–Kier alpha value is -1.97. The number of carbonyl (C=O) groups excluding carboxylic acids is 3. The third kappa shape index (κ3) is 4.05. The van der Waals surface area contributed by atoms with Gasteiger partial charge in [0, 0.05) is 11.4 Å². The van der Waals surface area contributed by atoms with Crippen molar-refractivity contribution in [3.63, 3.8) is 0 Å². The van der Waals surface area contributed by atoms with Crippen LogP contribution in [0.5, 0.6) is 0 Å². The van der Waals surface area contributed by atoms with Crippen molar-refractivity contribution < 1.29 is 29.0 Å². The molecular formula is C25H33BrN2O6. The van der Waals surface area contributed by atoms with Crippen LogP contribution in [0.3, 0.4) is 0 Å². The van der Waals surface area contributed by atoms with Gasteiger partial charge in [-0.3, -0.25) is 14.4 Å². The molecule has 0 saturated carbocycles. The largest absolute Gasteiger partial charge is 0.466 e. The molecule has 3 aliphatic heterocycles. The first kappa shape index (κ1) is 25.1. The fourth-order valence-electron chi connectivity index (χ4n) is 5.92. The normalized spacial score (nSPS) is 32.5. The molecule has 3 fully saturated rings. The summed E-state index contributed by atoms with van der Waals surface area (Å²) in [6.07, 6.45) is 2.71. The number of rotatable bonds is 10. The smallest absolute Gasteiger partial charge is 0.312 e. The molecule has 2 N–H and O–H groups in total. The number of hydrogen-bond acceptors (Lipinski definition) is 6. The molecule has 8 nitrogen and oxygen atoms in total. The van der Waals surface area contributed by atoms with Gasteiger partial charge in [-0.1, -0.05) is 66.0 Å². The average Bonchev–Trinajstić information content (AvgIpc) is 3.42. The maximum atomic E-state index is 14.0. The molecule has 4 rings (SSSR count). The van der Waals surface area contributed by atoms with Gasteiger partial charge in [-0.2, -0.15) is 0 Å². The van der Waals surface area contributed by atoms with Gasteiger partial charge in [0.05, 0.1) is 37.2 Å². The SMILES string of the molecule is CCCCCNC(=O)C1N([C@H](CO)c2ccccc2)C(=O)[C@@H]2[C@H](C(=O)OCC)[C@H]3OC12CC3Br. The van der Waals surface area contributed by atoms with Gasteiger partial charge in [-0.05, 0) is 25.3 Å². The Morgan fingerprint density at radius 3 is 2.68 bits per heavy atom. The molecule has 186 valence electrons. The van der Waals surface area contributed by atoms with Crippen molar-refractivity contribution in [3.05, 3.63) is 35.9 Å². The van der Waals surface area contributed by atoms with Gasteiger partial charge in [0.25, 0.3) is 0 Å². The van der Waals surface area contributed by atoms with Crippen molar-refractivity contribution in [2.75, 3.05) is 19.8 Å². The lowest BCUT2D eigenvalue weighted by Crippen LogP contribution is -2.56. The van der Waals surface area contributed by atoms with Crippen LogP contribution < -0.4 is 5.32 Å². The van der Waals surface area contributed by atoms with E-state index in [0.717, 1.165) is 24.8 Å². The number of hydrogen-bond donors (Lipinski definition) is 2. The molecule has 1 aromatic carbocycles. The summed E-state index contributed by atoms with van der Waals surface area (Å²) in [5, 5.41) is 13.4. The zero-order valence-corrected chi connectivity index (χ0v) is 21.2. The van der Waals surface area contributed by atoms with Crippen LogP contribution in [-0.2, 0) is 23.9 Å². The molecule has 1 aromatic rings. The van der Waals surface area contributed by atoms with E-state index in [1.807, 2.05) is 30.3 Å². The molecular weight excluding hydrogens is 504 g/mol. The lowest BCUT2D eigenvalue weighted by atomic mass is 9.70. The van der Waals surface area contributed by atoms with Crippen LogP contribution in [0, 0.1) is 11.8 Å². The number of benzene rings is 1. The number of likely N-dealkylation sites (tertiary alicyclic amines) is 1. The standard InChI is InChI=1S/C25H33BrN2O6/c1-3-5-9-12-27-22(30)21-25-13-16(26)20(34-25)18(24(32)33-4-2)19(25)23(31)28(21)17(14-29)15-10-7-6-8-11-15/h6-8,10-11,16-21,29H,3-5,9,12-14H2,1-2H3,(H,27,30)/t16?,17-,18+,19+,20+,21?,25?/m1/s1. The van der Waals surface area contributed by atoms with Gasteiger partial charge in [-0.15, -0.1) is 0 Å². The highest BCUT2D eigenvalue weighted by molar-refractivity contribution is 9.09. The van der Waals surface area contributed by atoms with Crippen molar-refractivity contribution in [1.82, 2.24) is 10.2 Å². The summed E-state index contributed by atoms with van der Waals surface area (Å²) in [6.45, 7) is 4.13. The second-order valence-corrected chi connectivity index (χ2v) is 10.4. The van der Waals surface area contributed by atoms with E-state index >= 15 is 0 Å². The predicted octanol–water partition coefficient (Wildman–Crippen LogP) is 2.34. The van der Waals surface area contributed by atoms with E-state index in [0.29, 0.717) is 13.0 Å². The van der Waals surface area contributed by atoms with Crippen LogP contribution in [0.15, 0.2) is 30.3 Å². The fraction of sp³-hybridized carbons (Fsp3) is 0.640. The number of esters is 1. The number of ether oxygens (including phenoxy) is 2. The molecule has 7 atom stereocenters. The molecule has 0 radical (unpaired) electrons. The summed E-state index contributed by atoms with van der Waals surface area (Å²) in [7, 11) is 0. The number of unbranched alkanes of at least 4 members (excludes halogenated alkanes) is 2. The van der Waals surface area contributed by atoms with E-state index in [-0.39, 0.29) is 29.9 Å². The summed E-state index contributed by atoms with van der Waals surface area (Å²) in [5.74, 6) is -2.79. The highest BCUT2D eigenvalue weighted by Gasteiger charge is 2.77. The first-order valence-corrected chi connectivity index (χ1v) is 13.1. The minimum atomic E-state index is -1.16. The predicted molar refractivity (Wildman–Crippen MR) is 128 cm³/mol. The Bertz CT molecular complexity index is 914. The molecule has 0 aliphatic carbocycles. The lowest BCUT2D eigenvalue weighted by Gasteiger charge is -2.37. The maximum Gasteiger partial charge on any atom is 0.312 e. The van der Waals surface area contributed by atoms with Crippen LogP contribution in [-0.4, -0.2) is 70.1 Å². The highest BCUT2D eigenvalue weighted by Crippen LogP contribution is 2.61. The molecule has 2 amide bonds. The first-order valence-electron chi connectivity index (χ1n) is 12.1. The minimum absolute atomic E-state index is 0.189. The summed E-state index contributed by atoms with van der Waals surface area (Å²) in [5.41, 5.74) is -0.444. The lowest BCUT2D eigenvalue weighted by molar-refractivity contribution is -0.155. The van der Waals surface area contributed by atoms with Crippen LogP contribution in [0.1, 0.15) is 51.1 Å². The number of aliphatic hydroxyl groups is 1. The second-order valence-electron chi connectivity index (χ2n) is 9.27. The number of nitrogens with zero attached hydrogens (tertiary/aromatic N) is 1. The van der Waals surface area contributed by atoms with Crippen molar-refractivity contribution in [2.24, 2.45) is 11.8 Å². The number of aliphatic hydroxyl groups excluding tert-OH is 1. The number of alkyl halides is 1. The Labute approximate surface area is 208 Å². The van der Waals surface area contributed by atoms with Crippen LogP contribution in [0.4, 0.5) is 0 Å². The van der Waals surface area contributed by atoms with Gasteiger partial charge in [0.1, 0.15) is 11.6 Å². The number of nitrogens with one attached hydrogen (secondary N) is 1. The summed E-state index contributed by atoms with van der Waals surface area (Å²) in [4.78, 5) is 41.9. The second kappa shape index (κ2) is 10.3. The zero-order valence-electron chi connectivity index (χ0n) is 19.6. The topological polar surface area (TPSA) is 105 Å². The van der Waals surface area contributed by atoms with E-state index in [1.54, 1.807) is 6.92 Å². The Balaban J connectivity index is 1.75. The maximum absolute atomic E-state index is 14.0. The molecule has 3 unspecified atom stereocenters. The van der Waals surface area contributed by atoms with Crippen LogP contribution in [0.2, 0.25) is 0 Å². The van der Waals surface area contributed by atoms with E-state index in [4.69, 9.17) is 9.47 Å². The molecule has 1 spiro atoms. The van der Waals surface area contributed by atoms with Crippen molar-refractivity contribution >= 4 is 33.7 Å². The number of carbonyl (C=O) groups is 3. The molecule has 0 aromatic heterocycles. The number of halogens is 1. The third-order valence-electron chi connectivity index (χ3n) is 7.31. The molecule has 3 aliphatic rings. The van der Waals surface area contributed by atoms with Gasteiger partial charge in [0.15, 0.2) is 0 Å². The van der Waals surface area contributed by atoms with E-state index in [9.17, 15) is 19.5 Å². The quantitative estimate of drug-likeness (QED) is 0.270. The monoisotopic (exact) mass is 536 g/mol. The molecule has 2 bridgehead atoms. The van der Waals surface area contributed by atoms with Gasteiger partial charge in [0.2, 0.25) is 11.8 Å². The van der Waals surface area contributed by atoms with Crippen molar-refractivity contribution in [2.45, 2.75) is 68.1 Å². The van der Waals surface area contributed by atoms with Crippen LogP contribution >= 0.6 is 15.9 Å². The molecule has 34 heavy (non-hydrogen) atoms. The Morgan fingerprint density at radius 2 is 2.03 bits per heavy atom. The number of amides is 2. The Kier molecular flexibility index (Phi) is 7.64. The average molecular weight is 537 g/mol. The van der Waals surface area contributed by atoms with E-state index in [2.05, 4.69) is 28.2 Å². The van der Waals surface area contributed by atoms with Gasteiger partial charge < -0.3 is 24.8 Å². The minimum Gasteiger partial charge on any atom is -0.466 e. The van der Waals surface area contributed by atoms with Crippen LogP contribution in [0.25, 0.3) is 0 Å². The third-order valence-corrected chi connectivity index (χ3v) is 8.15. The zero-order chi connectivity index (χ0) is 24.5. The van der Waals surface area contributed by atoms with Crippen molar-refractivity contribution in [1.29, 1.82) is 0 Å². The summed E-state index contributed by atoms with van der Waals surface area (Å²) < 4.78 is 11.7. The highest BCUT2D eigenvalue weighted by atomic mass is 79.9. The van der Waals surface area contributed by atoms with Gasteiger partial charge >= 0.3 is 5.97 Å². The summed E-state index contributed by atoms with van der Waals surface area (Å²) in [6, 6.07) is 7.46. The summed E-state index contributed by atoms with van der Waals surface area (Å²) >= 11 is 3.63. The Morgan fingerprint density at radius 1 is 1.29 bits per heavy atom. The molecule has 3 heterocycles. The van der Waals surface area contributed by atoms with Crippen molar-refractivity contribution in [3.8, 4) is 0 Å². The fourth-order valence-corrected chi connectivity index (χ4v) is 6.87. The van der Waals surface area contributed by atoms with E-state index < -0.39 is 41.6 Å².